The van der Waals surface area contributed by atoms with Crippen LogP contribution in [0.15, 0.2) is 9.52 Å². The topological polar surface area (TPSA) is 103 Å². The van der Waals surface area contributed by atoms with Gasteiger partial charge >= 0.3 is 0 Å². The number of anilines is 1. The average molecular weight is 278 g/mol. The van der Waals surface area contributed by atoms with Crippen molar-refractivity contribution in [2.75, 3.05) is 18.0 Å². The number of nitrogens with two attached hydrogens (primary N) is 1. The number of hydrogen-bond donors (Lipinski definition) is 2. The van der Waals surface area contributed by atoms with Gasteiger partial charge in [-0.3, -0.25) is 5.43 Å². The van der Waals surface area contributed by atoms with Crippen LogP contribution in [-0.4, -0.2) is 29.4 Å². The lowest BCUT2D eigenvalue weighted by Gasteiger charge is -2.25. The van der Waals surface area contributed by atoms with Crippen molar-refractivity contribution >= 4 is 29.4 Å². The van der Waals surface area contributed by atoms with Gasteiger partial charge in [-0.05, 0) is 31.5 Å². The van der Waals surface area contributed by atoms with Crippen molar-refractivity contribution in [3.05, 3.63) is 11.6 Å². The fourth-order valence-electron chi connectivity index (χ4n) is 1.92. The first-order valence-corrected chi connectivity index (χ1v) is 6.36. The lowest BCUT2D eigenvalue weighted by Crippen LogP contribution is -2.29. The van der Waals surface area contributed by atoms with Crippen LogP contribution in [0, 0.1) is 11.3 Å². The number of rotatable bonds is 3. The molecule has 0 radical (unpaired) electrons. The third-order valence-corrected chi connectivity index (χ3v) is 2.82. The summed E-state index contributed by atoms with van der Waals surface area (Å²) in [5.41, 5.74) is 7.91. The largest absolute Gasteiger partial charge is 0.418 e. The zero-order chi connectivity index (χ0) is 13.7. The van der Waals surface area contributed by atoms with E-state index in [9.17, 15) is 0 Å². The fourth-order valence-corrected chi connectivity index (χ4v) is 1.97. The highest BCUT2D eigenvalue weighted by molar-refractivity contribution is 7.80. The molecule has 2 heterocycles. The van der Waals surface area contributed by atoms with Gasteiger partial charge in [-0.15, -0.1) is 0 Å². The molecule has 100 valence electrons. The number of nitrogens with zero attached hydrogens (tertiary/aromatic N) is 4. The molecule has 0 saturated carbocycles. The molecule has 0 unspecified atom stereocenters. The minimum Gasteiger partial charge on any atom is -0.418 e. The summed E-state index contributed by atoms with van der Waals surface area (Å²) < 4.78 is 5.55. The van der Waals surface area contributed by atoms with Gasteiger partial charge < -0.3 is 15.1 Å². The molecule has 3 N–H and O–H groups in total. The number of piperidine rings is 1. The number of nitriles is 1. The van der Waals surface area contributed by atoms with Crippen LogP contribution in [0.2, 0.25) is 0 Å². The smallest absolute Gasteiger partial charge is 0.243 e. The van der Waals surface area contributed by atoms with E-state index in [1.54, 1.807) is 0 Å². The van der Waals surface area contributed by atoms with E-state index in [4.69, 9.17) is 15.4 Å². The van der Waals surface area contributed by atoms with Gasteiger partial charge in [0.25, 0.3) is 0 Å². The molecular weight excluding hydrogens is 264 g/mol. The quantitative estimate of drug-likeness (QED) is 0.476. The zero-order valence-electron chi connectivity index (χ0n) is 10.3. The summed E-state index contributed by atoms with van der Waals surface area (Å²) >= 11 is 4.61. The highest BCUT2D eigenvalue weighted by Crippen LogP contribution is 2.24. The van der Waals surface area contributed by atoms with Crippen LogP contribution >= 0.6 is 12.2 Å². The van der Waals surface area contributed by atoms with Crippen molar-refractivity contribution in [2.45, 2.75) is 19.3 Å². The molecule has 2 rings (SSSR count). The first-order chi connectivity index (χ1) is 9.20. The maximum absolute atomic E-state index is 9.08. The molecule has 0 aliphatic carbocycles. The van der Waals surface area contributed by atoms with Crippen molar-refractivity contribution < 1.29 is 4.42 Å². The number of aromatic nitrogens is 1. The summed E-state index contributed by atoms with van der Waals surface area (Å²) in [6.45, 7) is 1.76. The van der Waals surface area contributed by atoms with E-state index in [0.29, 0.717) is 5.88 Å². The number of oxazole rings is 1. The van der Waals surface area contributed by atoms with Crippen molar-refractivity contribution in [1.82, 2.24) is 10.4 Å². The molecule has 1 saturated heterocycles. The van der Waals surface area contributed by atoms with E-state index >= 15 is 0 Å². The van der Waals surface area contributed by atoms with Gasteiger partial charge in [0.1, 0.15) is 12.3 Å². The molecular formula is C11H14N6OS. The summed E-state index contributed by atoms with van der Waals surface area (Å²) in [4.78, 5) is 6.09. The third-order valence-electron chi connectivity index (χ3n) is 2.72. The molecule has 7 nitrogen and oxygen atoms in total. The van der Waals surface area contributed by atoms with Crippen molar-refractivity contribution in [3.63, 3.8) is 0 Å². The van der Waals surface area contributed by atoms with Crippen molar-refractivity contribution in [3.8, 4) is 6.07 Å². The normalized spacial score (nSPS) is 15.4. The first-order valence-electron chi connectivity index (χ1n) is 5.95. The molecule has 0 bridgehead atoms. The number of hydrogen-bond acceptors (Lipinski definition) is 6. The maximum atomic E-state index is 9.08. The maximum Gasteiger partial charge on any atom is 0.243 e. The Morgan fingerprint density at radius 2 is 2.26 bits per heavy atom. The van der Waals surface area contributed by atoms with E-state index < -0.39 is 0 Å². The molecule has 1 aromatic rings. The Labute approximate surface area is 116 Å². The number of hydrazone groups is 1. The van der Waals surface area contributed by atoms with Gasteiger partial charge in [0.15, 0.2) is 5.11 Å². The standard InChI is InChI=1S/C11H14N6OS/c12-6-8-10(17-4-2-1-3-5-17)18-9(15-8)7-14-16-11(13)19/h7H,1-5H2,(H3,13,16,19)/b14-7-. The average Bonchev–Trinajstić information content (AvgIpc) is 2.82. The van der Waals surface area contributed by atoms with E-state index in [0.717, 1.165) is 25.9 Å². The molecule has 1 fully saturated rings. The number of nitrogens with one attached hydrogen (secondary N) is 1. The van der Waals surface area contributed by atoms with E-state index in [2.05, 4.69) is 27.7 Å². The van der Waals surface area contributed by atoms with Gasteiger partial charge in [0, 0.05) is 13.1 Å². The Hall–Kier alpha value is -2.14. The first kappa shape index (κ1) is 13.3. The minimum atomic E-state index is 0.0552. The summed E-state index contributed by atoms with van der Waals surface area (Å²) in [7, 11) is 0. The molecule has 1 aromatic heterocycles. The van der Waals surface area contributed by atoms with Gasteiger partial charge in [0.2, 0.25) is 17.5 Å². The predicted molar refractivity (Wildman–Crippen MR) is 74.8 cm³/mol. The van der Waals surface area contributed by atoms with E-state index in [1.807, 2.05) is 11.0 Å². The number of thiocarbonyl (C=S) groups is 1. The van der Waals surface area contributed by atoms with E-state index in [1.165, 1.54) is 12.6 Å². The Morgan fingerprint density at radius 3 is 2.89 bits per heavy atom. The lowest BCUT2D eigenvalue weighted by molar-refractivity contribution is 0.493. The molecule has 1 aliphatic rings. The van der Waals surface area contributed by atoms with Gasteiger partial charge in [-0.2, -0.15) is 15.3 Å². The summed E-state index contributed by atoms with van der Waals surface area (Å²) in [6.07, 6.45) is 4.74. The van der Waals surface area contributed by atoms with Crippen LogP contribution < -0.4 is 16.1 Å². The van der Waals surface area contributed by atoms with E-state index in [-0.39, 0.29) is 16.7 Å². The van der Waals surface area contributed by atoms with Crippen LogP contribution in [0.5, 0.6) is 0 Å². The SMILES string of the molecule is N#Cc1nc(/C=N\NC(N)=S)oc1N1CCCCC1. The Kier molecular flexibility index (Phi) is 4.30. The van der Waals surface area contributed by atoms with Gasteiger partial charge in [-0.25, -0.2) is 0 Å². The molecule has 0 amide bonds. The predicted octanol–water partition coefficient (Wildman–Crippen LogP) is 0.704. The second-order valence-electron chi connectivity index (χ2n) is 4.10. The molecule has 0 spiro atoms. The summed E-state index contributed by atoms with van der Waals surface area (Å²) in [6, 6.07) is 2.03. The monoisotopic (exact) mass is 278 g/mol. The summed E-state index contributed by atoms with van der Waals surface area (Å²) in [5, 5.41) is 12.9. The van der Waals surface area contributed by atoms with Gasteiger partial charge in [0.05, 0.1) is 0 Å². The van der Waals surface area contributed by atoms with Crippen molar-refractivity contribution in [2.24, 2.45) is 10.8 Å². The molecule has 0 aromatic carbocycles. The Balaban J connectivity index is 2.15. The van der Waals surface area contributed by atoms with Crippen LogP contribution in [0.4, 0.5) is 5.88 Å². The molecule has 1 aliphatic heterocycles. The Morgan fingerprint density at radius 1 is 1.53 bits per heavy atom. The minimum absolute atomic E-state index is 0.0552. The van der Waals surface area contributed by atoms with Crippen LogP contribution in [0.25, 0.3) is 0 Å². The van der Waals surface area contributed by atoms with Gasteiger partial charge in [-0.1, -0.05) is 0 Å². The highest BCUT2D eigenvalue weighted by atomic mass is 32.1. The van der Waals surface area contributed by atoms with Crippen LogP contribution in [-0.2, 0) is 0 Å². The molecule has 8 heteroatoms. The van der Waals surface area contributed by atoms with Crippen molar-refractivity contribution in [1.29, 1.82) is 5.26 Å². The second kappa shape index (κ2) is 6.15. The second-order valence-corrected chi connectivity index (χ2v) is 4.54. The fraction of sp³-hybridized carbons (Fsp3) is 0.455. The molecule has 0 atom stereocenters. The Bertz CT molecular complexity index is 526. The molecule has 19 heavy (non-hydrogen) atoms. The van der Waals surface area contributed by atoms with Crippen LogP contribution in [0.3, 0.4) is 0 Å². The summed E-state index contributed by atoms with van der Waals surface area (Å²) in [5.74, 6) is 0.764. The van der Waals surface area contributed by atoms with Crippen LogP contribution in [0.1, 0.15) is 30.8 Å². The zero-order valence-corrected chi connectivity index (χ0v) is 11.1. The highest BCUT2D eigenvalue weighted by Gasteiger charge is 2.20. The lowest BCUT2D eigenvalue weighted by atomic mass is 10.1. The third kappa shape index (κ3) is 3.42.